The number of hydrogen-bond acceptors (Lipinski definition) is 4. The Bertz CT molecular complexity index is 627. The summed E-state index contributed by atoms with van der Waals surface area (Å²) in [6.07, 6.45) is 1.92. The van der Waals surface area contributed by atoms with Crippen LogP contribution in [0.5, 0.6) is 5.75 Å². The van der Waals surface area contributed by atoms with Gasteiger partial charge in [0.05, 0.1) is 13.7 Å². The Morgan fingerprint density at radius 2 is 2.00 bits per heavy atom. The van der Waals surface area contributed by atoms with E-state index in [1.165, 1.54) is 4.88 Å². The van der Waals surface area contributed by atoms with Gasteiger partial charge in [0.2, 0.25) is 0 Å². The number of methoxy groups -OCH3 is 1. The highest BCUT2D eigenvalue weighted by Crippen LogP contribution is 2.12. The highest BCUT2D eigenvalue weighted by Gasteiger charge is 1.99. The first-order valence-electron chi connectivity index (χ1n) is 9.07. The molecule has 0 atom stereocenters. The average molecular weight is 376 g/mol. The quantitative estimate of drug-likeness (QED) is 0.359. The summed E-state index contributed by atoms with van der Waals surface area (Å²) >= 11 is 1.79. The molecule has 0 bridgehead atoms. The Hall–Kier alpha value is -2.05. The Kier molecular flexibility index (Phi) is 9.61. The molecule has 0 aliphatic carbocycles. The molecule has 2 rings (SSSR count). The van der Waals surface area contributed by atoms with Crippen LogP contribution in [0.4, 0.5) is 0 Å². The van der Waals surface area contributed by atoms with Crippen molar-refractivity contribution in [3.63, 3.8) is 0 Å². The SMILES string of the molecule is CCNC(=NCCCOCc1ccc(OC)cc1)NCCc1cccs1. The molecule has 1 aromatic heterocycles. The summed E-state index contributed by atoms with van der Waals surface area (Å²) in [5, 5.41) is 8.77. The predicted molar refractivity (Wildman–Crippen MR) is 109 cm³/mol. The van der Waals surface area contributed by atoms with Crippen LogP contribution in [0, 0.1) is 0 Å². The van der Waals surface area contributed by atoms with Gasteiger partial charge in [-0.05, 0) is 48.9 Å². The van der Waals surface area contributed by atoms with E-state index >= 15 is 0 Å². The molecule has 0 aliphatic heterocycles. The van der Waals surface area contributed by atoms with Crippen LogP contribution in [-0.4, -0.2) is 39.3 Å². The summed E-state index contributed by atoms with van der Waals surface area (Å²) in [5.74, 6) is 1.74. The molecule has 6 heteroatoms. The summed E-state index contributed by atoms with van der Waals surface area (Å²) < 4.78 is 10.9. The van der Waals surface area contributed by atoms with Gasteiger partial charge in [0.15, 0.2) is 5.96 Å². The van der Waals surface area contributed by atoms with E-state index in [0.717, 1.165) is 49.7 Å². The van der Waals surface area contributed by atoms with E-state index in [4.69, 9.17) is 9.47 Å². The molecule has 0 saturated carbocycles. The van der Waals surface area contributed by atoms with Gasteiger partial charge in [-0.3, -0.25) is 4.99 Å². The van der Waals surface area contributed by atoms with Gasteiger partial charge in [0.1, 0.15) is 5.75 Å². The number of benzene rings is 1. The molecule has 1 aromatic carbocycles. The highest BCUT2D eigenvalue weighted by molar-refractivity contribution is 7.09. The third kappa shape index (κ3) is 7.89. The summed E-state index contributed by atoms with van der Waals surface area (Å²) in [4.78, 5) is 5.99. The van der Waals surface area contributed by atoms with Crippen LogP contribution >= 0.6 is 11.3 Å². The molecule has 0 spiro atoms. The standard InChI is InChI=1S/C20H29N3O2S/c1-3-21-20(23-13-11-19-6-4-15-26-19)22-12-5-14-25-16-17-7-9-18(24-2)10-8-17/h4,6-10,15H,3,5,11-14,16H2,1-2H3,(H2,21,22,23). The maximum absolute atomic E-state index is 5.72. The van der Waals surface area contributed by atoms with E-state index in [2.05, 4.69) is 40.1 Å². The number of ether oxygens (including phenoxy) is 2. The molecular weight excluding hydrogens is 346 g/mol. The van der Waals surface area contributed by atoms with Gasteiger partial charge in [0.25, 0.3) is 0 Å². The summed E-state index contributed by atoms with van der Waals surface area (Å²) in [6, 6.07) is 12.2. The third-order valence-electron chi connectivity index (χ3n) is 3.73. The number of hydrogen-bond donors (Lipinski definition) is 2. The van der Waals surface area contributed by atoms with E-state index in [9.17, 15) is 0 Å². The van der Waals surface area contributed by atoms with Gasteiger partial charge in [0, 0.05) is 31.1 Å². The zero-order chi connectivity index (χ0) is 18.5. The minimum atomic E-state index is 0.618. The largest absolute Gasteiger partial charge is 0.497 e. The van der Waals surface area contributed by atoms with Crippen LogP contribution in [-0.2, 0) is 17.8 Å². The van der Waals surface area contributed by atoms with Crippen molar-refractivity contribution in [2.24, 2.45) is 4.99 Å². The zero-order valence-electron chi connectivity index (χ0n) is 15.7. The Labute approximate surface area is 160 Å². The molecule has 0 unspecified atom stereocenters. The van der Waals surface area contributed by atoms with Gasteiger partial charge in [-0.1, -0.05) is 18.2 Å². The van der Waals surface area contributed by atoms with Gasteiger partial charge in [-0.25, -0.2) is 0 Å². The fourth-order valence-corrected chi connectivity index (χ4v) is 3.08. The van der Waals surface area contributed by atoms with Crippen molar-refractivity contribution in [1.82, 2.24) is 10.6 Å². The lowest BCUT2D eigenvalue weighted by atomic mass is 10.2. The maximum atomic E-state index is 5.72. The van der Waals surface area contributed by atoms with Crippen molar-refractivity contribution < 1.29 is 9.47 Å². The monoisotopic (exact) mass is 375 g/mol. The van der Waals surface area contributed by atoms with Crippen LogP contribution in [0.1, 0.15) is 23.8 Å². The molecule has 26 heavy (non-hydrogen) atoms. The predicted octanol–water partition coefficient (Wildman–Crippen LogP) is 3.46. The zero-order valence-corrected chi connectivity index (χ0v) is 16.5. The van der Waals surface area contributed by atoms with Crippen LogP contribution < -0.4 is 15.4 Å². The van der Waals surface area contributed by atoms with E-state index < -0.39 is 0 Å². The summed E-state index contributed by atoms with van der Waals surface area (Å²) in [5.41, 5.74) is 1.15. The van der Waals surface area contributed by atoms with E-state index in [1.54, 1.807) is 18.4 Å². The normalized spacial score (nSPS) is 11.4. The Balaban J connectivity index is 1.60. The lowest BCUT2D eigenvalue weighted by molar-refractivity contribution is 0.120. The highest BCUT2D eigenvalue weighted by atomic mass is 32.1. The Morgan fingerprint density at radius 1 is 1.15 bits per heavy atom. The second-order valence-electron chi connectivity index (χ2n) is 5.77. The van der Waals surface area contributed by atoms with Crippen molar-refractivity contribution in [3.8, 4) is 5.75 Å². The molecule has 0 aliphatic rings. The summed E-state index contributed by atoms with van der Waals surface area (Å²) in [7, 11) is 1.67. The van der Waals surface area contributed by atoms with Gasteiger partial charge in [-0.15, -0.1) is 11.3 Å². The van der Waals surface area contributed by atoms with Crippen molar-refractivity contribution in [2.75, 3.05) is 33.4 Å². The van der Waals surface area contributed by atoms with Gasteiger partial charge >= 0.3 is 0 Å². The van der Waals surface area contributed by atoms with E-state index in [-0.39, 0.29) is 0 Å². The number of guanidine groups is 1. The molecule has 0 fully saturated rings. The summed E-state index contributed by atoms with van der Waals surface area (Å²) in [6.45, 7) is 5.89. The molecule has 142 valence electrons. The van der Waals surface area contributed by atoms with Gasteiger partial charge in [-0.2, -0.15) is 0 Å². The first kappa shape index (κ1) is 20.3. The smallest absolute Gasteiger partial charge is 0.191 e. The molecule has 0 saturated heterocycles. The van der Waals surface area contributed by atoms with Gasteiger partial charge < -0.3 is 20.1 Å². The number of thiophene rings is 1. The van der Waals surface area contributed by atoms with Crippen LogP contribution in [0.3, 0.4) is 0 Å². The van der Waals surface area contributed by atoms with Crippen molar-refractivity contribution in [2.45, 2.75) is 26.4 Å². The molecule has 0 radical (unpaired) electrons. The second-order valence-corrected chi connectivity index (χ2v) is 6.80. The minimum Gasteiger partial charge on any atom is -0.497 e. The van der Waals surface area contributed by atoms with E-state index in [0.29, 0.717) is 13.2 Å². The Morgan fingerprint density at radius 3 is 2.69 bits per heavy atom. The van der Waals surface area contributed by atoms with Crippen molar-refractivity contribution in [3.05, 3.63) is 52.2 Å². The lowest BCUT2D eigenvalue weighted by Crippen LogP contribution is -2.38. The third-order valence-corrected chi connectivity index (χ3v) is 4.67. The number of nitrogens with one attached hydrogen (secondary N) is 2. The fraction of sp³-hybridized carbons (Fsp3) is 0.450. The van der Waals surface area contributed by atoms with Crippen LogP contribution in [0.15, 0.2) is 46.8 Å². The lowest BCUT2D eigenvalue weighted by Gasteiger charge is -2.11. The first-order valence-corrected chi connectivity index (χ1v) is 9.95. The molecule has 0 amide bonds. The fourth-order valence-electron chi connectivity index (χ4n) is 2.37. The molecule has 2 aromatic rings. The average Bonchev–Trinajstić information content (AvgIpc) is 3.18. The minimum absolute atomic E-state index is 0.618. The first-order chi connectivity index (χ1) is 12.8. The van der Waals surface area contributed by atoms with Crippen LogP contribution in [0.2, 0.25) is 0 Å². The molecular formula is C20H29N3O2S. The number of nitrogens with zero attached hydrogens (tertiary/aromatic N) is 1. The van der Waals surface area contributed by atoms with Crippen LogP contribution in [0.25, 0.3) is 0 Å². The number of rotatable bonds is 11. The maximum Gasteiger partial charge on any atom is 0.191 e. The molecule has 1 heterocycles. The number of aliphatic imine (C=N–C) groups is 1. The van der Waals surface area contributed by atoms with Crippen molar-refractivity contribution >= 4 is 17.3 Å². The molecule has 2 N–H and O–H groups in total. The van der Waals surface area contributed by atoms with Crippen molar-refractivity contribution in [1.29, 1.82) is 0 Å². The second kappa shape index (κ2) is 12.3. The molecule has 5 nitrogen and oxygen atoms in total. The topological polar surface area (TPSA) is 54.9 Å². The van der Waals surface area contributed by atoms with E-state index in [1.807, 2.05) is 24.3 Å².